The van der Waals surface area contributed by atoms with Crippen LogP contribution in [-0.4, -0.2) is 43.4 Å². The van der Waals surface area contributed by atoms with Gasteiger partial charge < -0.3 is 15.0 Å². The van der Waals surface area contributed by atoms with Crippen LogP contribution < -0.4 is 5.32 Å². The largest absolute Gasteiger partial charge is 0.393 e. The molecule has 0 aliphatic heterocycles. The van der Waals surface area contributed by atoms with Crippen LogP contribution in [0.2, 0.25) is 0 Å². The zero-order chi connectivity index (χ0) is 17.4. The van der Waals surface area contributed by atoms with Crippen LogP contribution in [0.15, 0.2) is 36.7 Å². The van der Waals surface area contributed by atoms with E-state index in [1.807, 2.05) is 41.9 Å². The number of hydrogen-bond acceptors (Lipinski definition) is 4. The fourth-order valence-electron chi connectivity index (χ4n) is 3.78. The predicted molar refractivity (Wildman–Crippen MR) is 93.1 cm³/mol. The number of hydrogen-bond donors (Lipinski definition) is 3. The Balaban J connectivity index is 1.42. The quantitative estimate of drug-likeness (QED) is 0.672. The fourth-order valence-corrected chi connectivity index (χ4v) is 3.78. The first-order chi connectivity index (χ1) is 12.1. The molecule has 7 nitrogen and oxygen atoms in total. The molecule has 1 aliphatic carbocycles. The first kappa shape index (κ1) is 15.8. The van der Waals surface area contributed by atoms with Crippen molar-refractivity contribution in [3.8, 4) is 0 Å². The molecule has 2 aromatic heterocycles. The zero-order valence-corrected chi connectivity index (χ0v) is 14.0. The minimum absolute atomic E-state index is 0.0220. The zero-order valence-electron chi connectivity index (χ0n) is 14.0. The van der Waals surface area contributed by atoms with Crippen molar-refractivity contribution in [3.63, 3.8) is 0 Å². The molecule has 0 bridgehead atoms. The Labute approximate surface area is 145 Å². The molecule has 130 valence electrons. The summed E-state index contributed by atoms with van der Waals surface area (Å²) >= 11 is 0. The van der Waals surface area contributed by atoms with Crippen LogP contribution in [-0.2, 0) is 7.05 Å². The number of amides is 1. The third kappa shape index (κ3) is 2.91. The van der Waals surface area contributed by atoms with E-state index < -0.39 is 6.10 Å². The maximum atomic E-state index is 12.6. The number of para-hydroxylation sites is 1. The van der Waals surface area contributed by atoms with E-state index in [2.05, 4.69) is 20.5 Å². The van der Waals surface area contributed by atoms with Gasteiger partial charge in [-0.25, -0.2) is 4.98 Å². The van der Waals surface area contributed by atoms with Crippen molar-refractivity contribution in [1.82, 2.24) is 25.1 Å². The Bertz CT molecular complexity index is 886. The Morgan fingerprint density at radius 3 is 3.00 bits per heavy atom. The van der Waals surface area contributed by atoms with Crippen LogP contribution in [0.4, 0.5) is 0 Å². The van der Waals surface area contributed by atoms with Crippen molar-refractivity contribution in [1.29, 1.82) is 0 Å². The van der Waals surface area contributed by atoms with Crippen LogP contribution in [0.1, 0.15) is 35.1 Å². The number of aromatic nitrogens is 4. The molecule has 4 rings (SSSR count). The maximum Gasteiger partial charge on any atom is 0.267 e. The summed E-state index contributed by atoms with van der Waals surface area (Å²) in [5, 5.41) is 21.0. The van der Waals surface area contributed by atoms with Gasteiger partial charge >= 0.3 is 0 Å². The van der Waals surface area contributed by atoms with E-state index in [0.717, 1.165) is 23.1 Å². The smallest absolute Gasteiger partial charge is 0.267 e. The van der Waals surface area contributed by atoms with Gasteiger partial charge in [-0.3, -0.25) is 9.89 Å². The molecule has 3 N–H and O–H groups in total. The summed E-state index contributed by atoms with van der Waals surface area (Å²) in [6.07, 6.45) is 2.47. The highest BCUT2D eigenvalue weighted by atomic mass is 16.3. The van der Waals surface area contributed by atoms with Crippen molar-refractivity contribution < 1.29 is 9.90 Å². The third-order valence-electron chi connectivity index (χ3n) is 5.19. The highest BCUT2D eigenvalue weighted by Gasteiger charge is 2.35. The molecule has 1 saturated carbocycles. The average molecular weight is 339 g/mol. The number of rotatable bonds is 4. The number of aromatic amines is 1. The number of carbonyl (C=O) groups is 1. The van der Waals surface area contributed by atoms with Gasteiger partial charge in [-0.05, 0) is 25.0 Å². The van der Waals surface area contributed by atoms with E-state index in [0.29, 0.717) is 18.7 Å². The summed E-state index contributed by atoms with van der Waals surface area (Å²) in [5.41, 5.74) is 1.65. The number of carbonyl (C=O) groups excluding carboxylic acids is 1. The number of H-pyrrole nitrogens is 1. The normalized spacial score (nSPS) is 23.2. The number of nitrogens with one attached hydrogen (secondary N) is 2. The fraction of sp³-hybridized carbons (Fsp3) is 0.389. The van der Waals surface area contributed by atoms with E-state index in [9.17, 15) is 9.90 Å². The molecule has 7 heteroatoms. The monoisotopic (exact) mass is 339 g/mol. The molecule has 0 radical (unpaired) electrons. The van der Waals surface area contributed by atoms with Gasteiger partial charge in [0, 0.05) is 36.3 Å². The number of aliphatic hydroxyl groups excluding tert-OH is 1. The van der Waals surface area contributed by atoms with Crippen molar-refractivity contribution in [2.24, 2.45) is 13.0 Å². The highest BCUT2D eigenvalue weighted by molar-refractivity contribution is 5.98. The van der Waals surface area contributed by atoms with Crippen molar-refractivity contribution >= 4 is 16.8 Å². The molecular formula is C18H21N5O2. The van der Waals surface area contributed by atoms with Gasteiger partial charge in [0.1, 0.15) is 17.8 Å². The van der Waals surface area contributed by atoms with Crippen LogP contribution >= 0.6 is 0 Å². The van der Waals surface area contributed by atoms with Crippen molar-refractivity contribution in [2.75, 3.05) is 6.54 Å². The van der Waals surface area contributed by atoms with Gasteiger partial charge in [0.15, 0.2) is 0 Å². The molecule has 2 heterocycles. The summed E-state index contributed by atoms with van der Waals surface area (Å²) in [5.74, 6) is 0.876. The van der Waals surface area contributed by atoms with E-state index in [-0.39, 0.29) is 17.7 Å². The minimum atomic E-state index is -0.442. The number of fused-ring (bicyclic) bond motifs is 1. The van der Waals surface area contributed by atoms with Crippen molar-refractivity contribution in [2.45, 2.75) is 24.9 Å². The lowest BCUT2D eigenvalue weighted by molar-refractivity contribution is 0.0909. The summed E-state index contributed by atoms with van der Waals surface area (Å²) < 4.78 is 1.90. The average Bonchev–Trinajstić information content (AvgIpc) is 3.33. The second kappa shape index (κ2) is 6.33. The summed E-state index contributed by atoms with van der Waals surface area (Å²) in [6, 6.07) is 9.81. The van der Waals surface area contributed by atoms with Gasteiger partial charge in [-0.15, -0.1) is 0 Å². The Kier molecular flexibility index (Phi) is 4.01. The summed E-state index contributed by atoms with van der Waals surface area (Å²) in [6.45, 7) is 0.451. The Morgan fingerprint density at radius 1 is 1.40 bits per heavy atom. The molecule has 1 aliphatic rings. The number of nitrogens with zero attached hydrogens (tertiary/aromatic N) is 3. The first-order valence-corrected chi connectivity index (χ1v) is 8.49. The SMILES string of the molecule is Cn1c(C(=O)NC[C@@H]2C[C@@H](c3ncn[nH]3)C[C@@H]2O)cc2ccccc21. The van der Waals surface area contributed by atoms with Gasteiger partial charge in [0.25, 0.3) is 5.91 Å². The van der Waals surface area contributed by atoms with E-state index in [1.165, 1.54) is 6.33 Å². The molecule has 0 spiro atoms. The molecule has 25 heavy (non-hydrogen) atoms. The number of aryl methyl sites for hydroxylation is 1. The second-order valence-electron chi connectivity index (χ2n) is 6.72. The molecule has 1 fully saturated rings. The van der Waals surface area contributed by atoms with Gasteiger partial charge in [0.05, 0.1) is 6.10 Å². The molecule has 3 atom stereocenters. The van der Waals surface area contributed by atoms with Gasteiger partial charge in [-0.1, -0.05) is 18.2 Å². The Hall–Kier alpha value is -2.67. The number of benzene rings is 1. The van der Waals surface area contributed by atoms with Gasteiger partial charge in [-0.2, -0.15) is 5.10 Å². The molecule has 1 aromatic carbocycles. The second-order valence-corrected chi connectivity index (χ2v) is 6.72. The first-order valence-electron chi connectivity index (χ1n) is 8.49. The van der Waals surface area contributed by atoms with Gasteiger partial charge in [0.2, 0.25) is 0 Å². The van der Waals surface area contributed by atoms with E-state index in [1.54, 1.807) is 0 Å². The predicted octanol–water partition coefficient (Wildman–Crippen LogP) is 1.58. The topological polar surface area (TPSA) is 95.8 Å². The summed E-state index contributed by atoms with van der Waals surface area (Å²) in [7, 11) is 1.89. The lowest BCUT2D eigenvalue weighted by atomic mass is 10.0. The van der Waals surface area contributed by atoms with Crippen LogP contribution in [0, 0.1) is 5.92 Å². The number of aliphatic hydroxyl groups is 1. The molecule has 0 saturated heterocycles. The van der Waals surface area contributed by atoms with Crippen LogP contribution in [0.25, 0.3) is 10.9 Å². The summed E-state index contributed by atoms with van der Waals surface area (Å²) in [4.78, 5) is 16.7. The third-order valence-corrected chi connectivity index (χ3v) is 5.19. The standard InChI is InChI=1S/C18H21N5O2/c1-23-14-5-3-2-4-11(14)7-15(23)18(25)19-9-13-6-12(8-16(13)24)17-20-10-21-22-17/h2-5,7,10,12-13,16,24H,6,8-9H2,1H3,(H,19,25)(H,20,21,22)/t12-,13+,16+/m1/s1. The van der Waals surface area contributed by atoms with Crippen LogP contribution in [0.3, 0.4) is 0 Å². The molecule has 1 amide bonds. The van der Waals surface area contributed by atoms with Crippen molar-refractivity contribution in [3.05, 3.63) is 48.2 Å². The maximum absolute atomic E-state index is 12.6. The minimum Gasteiger partial charge on any atom is -0.393 e. The molecular weight excluding hydrogens is 318 g/mol. The lowest BCUT2D eigenvalue weighted by Gasteiger charge is -2.15. The molecule has 0 unspecified atom stereocenters. The van der Waals surface area contributed by atoms with E-state index >= 15 is 0 Å². The van der Waals surface area contributed by atoms with E-state index in [4.69, 9.17) is 0 Å². The lowest BCUT2D eigenvalue weighted by Crippen LogP contribution is -2.33. The van der Waals surface area contributed by atoms with Crippen LogP contribution in [0.5, 0.6) is 0 Å². The molecule has 3 aromatic rings. The highest BCUT2D eigenvalue weighted by Crippen LogP contribution is 2.36. The Morgan fingerprint density at radius 2 is 2.24 bits per heavy atom.